The summed E-state index contributed by atoms with van der Waals surface area (Å²) in [5.74, 6) is 0.181. The van der Waals surface area contributed by atoms with Gasteiger partial charge in [0.05, 0.1) is 20.3 Å². The quantitative estimate of drug-likeness (QED) is 0.273. The van der Waals surface area contributed by atoms with E-state index < -0.39 is 18.1 Å². The molecule has 0 fully saturated rings. The van der Waals surface area contributed by atoms with Crippen LogP contribution in [0, 0.1) is 17.8 Å². The van der Waals surface area contributed by atoms with Crippen molar-refractivity contribution in [2.24, 2.45) is 23.5 Å². The molecule has 1 aromatic carbocycles. The van der Waals surface area contributed by atoms with E-state index in [2.05, 4.69) is 26.1 Å². The van der Waals surface area contributed by atoms with E-state index in [1.165, 1.54) is 14.2 Å². The summed E-state index contributed by atoms with van der Waals surface area (Å²) in [5, 5.41) is 13.6. The van der Waals surface area contributed by atoms with Crippen molar-refractivity contribution < 1.29 is 24.2 Å². The number of esters is 1. The summed E-state index contributed by atoms with van der Waals surface area (Å²) in [6, 6.07) is 4.98. The third-order valence-corrected chi connectivity index (χ3v) is 6.07. The number of nitrogens with one attached hydrogen (secondary N) is 1. The van der Waals surface area contributed by atoms with Gasteiger partial charge < -0.3 is 25.6 Å². The van der Waals surface area contributed by atoms with Crippen LogP contribution in [-0.4, -0.2) is 49.9 Å². The molecule has 0 heterocycles. The Morgan fingerprint density at radius 2 is 1.82 bits per heavy atom. The molecule has 8 heteroatoms. The zero-order valence-corrected chi connectivity index (χ0v) is 21.7. The molecule has 0 bridgehead atoms. The zero-order valence-electron chi connectivity index (χ0n) is 20.9. The highest BCUT2D eigenvalue weighted by Gasteiger charge is 2.27. The largest absolute Gasteiger partial charge is 0.496 e. The predicted molar refractivity (Wildman–Crippen MR) is 134 cm³/mol. The minimum Gasteiger partial charge on any atom is -0.496 e. The molecule has 0 aromatic heterocycles. The van der Waals surface area contributed by atoms with Crippen LogP contribution in [0.3, 0.4) is 0 Å². The zero-order chi connectivity index (χ0) is 24.3. The summed E-state index contributed by atoms with van der Waals surface area (Å²) in [5.41, 5.74) is 7.66. The van der Waals surface area contributed by atoms with Gasteiger partial charge in [0.1, 0.15) is 11.3 Å². The highest BCUT2D eigenvalue weighted by atomic mass is 35.5. The van der Waals surface area contributed by atoms with Gasteiger partial charge in [0, 0.05) is 18.5 Å². The minimum atomic E-state index is -0.772. The summed E-state index contributed by atoms with van der Waals surface area (Å²) in [6.45, 7) is 8.78. The van der Waals surface area contributed by atoms with E-state index in [0.717, 1.165) is 18.4 Å². The second kappa shape index (κ2) is 15.9. The lowest BCUT2D eigenvalue weighted by atomic mass is 9.81. The Bertz CT molecular complexity index is 729. The Kier molecular flexibility index (Phi) is 15.0. The van der Waals surface area contributed by atoms with Gasteiger partial charge in [-0.2, -0.15) is 0 Å². The Hall–Kier alpha value is -1.83. The lowest BCUT2D eigenvalue weighted by Gasteiger charge is -2.28. The van der Waals surface area contributed by atoms with Crippen molar-refractivity contribution >= 4 is 24.3 Å². The summed E-state index contributed by atoms with van der Waals surface area (Å²) in [7, 11) is 2.88. The van der Waals surface area contributed by atoms with Crippen molar-refractivity contribution in [1.29, 1.82) is 0 Å². The number of unbranched alkanes of at least 4 members (excludes halogenated alkanes) is 1. The number of para-hydroxylation sites is 1. The molecule has 0 radical (unpaired) electrons. The van der Waals surface area contributed by atoms with Crippen LogP contribution in [0.1, 0.15) is 69.3 Å². The SMILES string of the molecule is CCCCNC(=O)[C@H](C)C[C@H](O)[C@@H](N)C[C@H](Cc1cccc(C(=O)OC)c1OC)C(C)C.Cl. The van der Waals surface area contributed by atoms with Crippen molar-refractivity contribution in [3.63, 3.8) is 0 Å². The van der Waals surface area contributed by atoms with Crippen LogP contribution in [0.2, 0.25) is 0 Å². The van der Waals surface area contributed by atoms with Crippen LogP contribution >= 0.6 is 12.4 Å². The second-order valence-electron chi connectivity index (χ2n) is 8.95. The molecule has 1 aromatic rings. The molecular weight excluding hydrogens is 444 g/mol. The number of methoxy groups -OCH3 is 2. The Labute approximate surface area is 205 Å². The first kappa shape index (κ1) is 31.2. The van der Waals surface area contributed by atoms with Crippen LogP contribution in [-0.2, 0) is 16.0 Å². The average Bonchev–Trinajstić information content (AvgIpc) is 2.77. The maximum absolute atomic E-state index is 12.2. The van der Waals surface area contributed by atoms with Gasteiger partial charge in [-0.25, -0.2) is 4.79 Å². The van der Waals surface area contributed by atoms with Crippen molar-refractivity contribution in [2.75, 3.05) is 20.8 Å². The number of aliphatic hydroxyl groups is 1. The molecule has 7 nitrogen and oxygen atoms in total. The van der Waals surface area contributed by atoms with Gasteiger partial charge in [-0.05, 0) is 49.1 Å². The van der Waals surface area contributed by atoms with Gasteiger partial charge >= 0.3 is 5.97 Å². The van der Waals surface area contributed by atoms with Crippen molar-refractivity contribution in [3.8, 4) is 5.75 Å². The first-order valence-electron chi connectivity index (χ1n) is 11.6. The third-order valence-electron chi connectivity index (χ3n) is 6.07. The fourth-order valence-corrected chi connectivity index (χ4v) is 3.84. The lowest BCUT2D eigenvalue weighted by molar-refractivity contribution is -0.125. The number of ether oxygens (including phenoxy) is 2. The van der Waals surface area contributed by atoms with Crippen LogP contribution in [0.4, 0.5) is 0 Å². The normalized spacial score (nSPS) is 14.6. The van der Waals surface area contributed by atoms with E-state index in [0.29, 0.717) is 43.0 Å². The number of rotatable bonds is 14. The number of benzene rings is 1. The first-order chi connectivity index (χ1) is 15.2. The van der Waals surface area contributed by atoms with Gasteiger partial charge in [0.25, 0.3) is 0 Å². The van der Waals surface area contributed by atoms with Gasteiger partial charge in [0.2, 0.25) is 5.91 Å². The van der Waals surface area contributed by atoms with Crippen LogP contribution in [0.5, 0.6) is 5.75 Å². The first-order valence-corrected chi connectivity index (χ1v) is 11.6. The van der Waals surface area contributed by atoms with E-state index in [1.807, 2.05) is 19.1 Å². The Morgan fingerprint density at radius 1 is 1.15 bits per heavy atom. The van der Waals surface area contributed by atoms with E-state index in [9.17, 15) is 14.7 Å². The second-order valence-corrected chi connectivity index (χ2v) is 8.95. The van der Waals surface area contributed by atoms with Crippen molar-refractivity contribution in [3.05, 3.63) is 29.3 Å². The van der Waals surface area contributed by atoms with Crippen LogP contribution < -0.4 is 15.8 Å². The van der Waals surface area contributed by atoms with Crippen molar-refractivity contribution in [1.82, 2.24) is 5.32 Å². The summed E-state index contributed by atoms with van der Waals surface area (Å²) in [6.07, 6.45) is 2.76. The molecule has 0 aliphatic rings. The molecule has 33 heavy (non-hydrogen) atoms. The van der Waals surface area contributed by atoms with Gasteiger partial charge in [0.15, 0.2) is 0 Å². The van der Waals surface area contributed by atoms with E-state index in [4.69, 9.17) is 15.2 Å². The van der Waals surface area contributed by atoms with E-state index in [1.54, 1.807) is 6.07 Å². The molecule has 1 amide bonds. The minimum absolute atomic E-state index is 0. The monoisotopic (exact) mass is 486 g/mol. The maximum Gasteiger partial charge on any atom is 0.341 e. The summed E-state index contributed by atoms with van der Waals surface area (Å²) >= 11 is 0. The topological polar surface area (TPSA) is 111 Å². The number of carbonyl (C=O) groups is 2. The van der Waals surface area contributed by atoms with Gasteiger partial charge in [-0.3, -0.25) is 4.79 Å². The Balaban J connectivity index is 0.0000102. The number of carbonyl (C=O) groups excluding carboxylic acids is 2. The highest BCUT2D eigenvalue weighted by molar-refractivity contribution is 5.93. The molecule has 1 rings (SSSR count). The number of hydrogen-bond acceptors (Lipinski definition) is 6. The maximum atomic E-state index is 12.2. The number of hydrogen-bond donors (Lipinski definition) is 3. The van der Waals surface area contributed by atoms with Crippen LogP contribution in [0.15, 0.2) is 18.2 Å². The molecule has 0 unspecified atom stereocenters. The number of halogens is 1. The molecule has 190 valence electrons. The number of amides is 1. The van der Waals surface area contributed by atoms with Gasteiger partial charge in [-0.15, -0.1) is 12.4 Å². The van der Waals surface area contributed by atoms with E-state index >= 15 is 0 Å². The molecule has 0 saturated heterocycles. The molecule has 0 aliphatic carbocycles. The van der Waals surface area contributed by atoms with Gasteiger partial charge in [-0.1, -0.05) is 46.2 Å². The standard InChI is InChI=1S/C25H42N2O5.ClH/c1-7-8-12-27-24(29)17(4)13-22(28)21(26)15-19(16(2)3)14-18-10-9-11-20(23(18)31-5)25(30)32-6;/h9-11,16-17,19,21-22,28H,7-8,12-15,26H2,1-6H3,(H,27,29);1H/t17-,19+,21+,22+;/m1./s1. The molecule has 4 N–H and O–H groups in total. The molecule has 0 spiro atoms. The predicted octanol–water partition coefficient (Wildman–Crippen LogP) is 3.74. The lowest BCUT2D eigenvalue weighted by Crippen LogP contribution is -2.41. The van der Waals surface area contributed by atoms with Crippen molar-refractivity contribution in [2.45, 2.75) is 71.9 Å². The average molecular weight is 487 g/mol. The smallest absolute Gasteiger partial charge is 0.341 e. The number of nitrogens with two attached hydrogens (primary N) is 1. The fourth-order valence-electron chi connectivity index (χ4n) is 3.84. The molecule has 0 aliphatic heterocycles. The molecule has 4 atom stereocenters. The fraction of sp³-hybridized carbons (Fsp3) is 0.680. The molecular formula is C25H43ClN2O5. The van der Waals surface area contributed by atoms with Crippen LogP contribution in [0.25, 0.3) is 0 Å². The summed E-state index contributed by atoms with van der Waals surface area (Å²) < 4.78 is 10.4. The van der Waals surface area contributed by atoms with E-state index in [-0.39, 0.29) is 30.2 Å². The number of aliphatic hydroxyl groups excluding tert-OH is 1. The molecule has 0 saturated carbocycles. The summed E-state index contributed by atoms with van der Waals surface area (Å²) in [4.78, 5) is 24.3. The highest BCUT2D eigenvalue weighted by Crippen LogP contribution is 2.31. The Morgan fingerprint density at radius 3 is 2.36 bits per heavy atom. The third kappa shape index (κ3) is 9.90.